The average Bonchev–Trinajstić information content (AvgIpc) is 2.73. The van der Waals surface area contributed by atoms with Gasteiger partial charge in [0.2, 0.25) is 0 Å². The predicted molar refractivity (Wildman–Crippen MR) is 88.2 cm³/mol. The van der Waals surface area contributed by atoms with Gasteiger partial charge in [0, 0.05) is 31.5 Å². The molecule has 23 heavy (non-hydrogen) atoms. The second-order valence-electron chi connectivity index (χ2n) is 5.84. The second-order valence-corrected chi connectivity index (χ2v) is 5.84. The van der Waals surface area contributed by atoms with E-state index in [0.29, 0.717) is 0 Å². The quantitative estimate of drug-likeness (QED) is 0.860. The predicted octanol–water partition coefficient (Wildman–Crippen LogP) is 1.80. The number of likely N-dealkylation sites (N-methyl/N-ethyl adjacent to an activating group) is 1. The van der Waals surface area contributed by atoms with Gasteiger partial charge in [-0.3, -0.25) is 4.79 Å². The molecule has 0 spiro atoms. The summed E-state index contributed by atoms with van der Waals surface area (Å²) in [5.41, 5.74) is 8.88. The highest BCUT2D eigenvalue weighted by atomic mass is 16.5. The Bertz CT molecular complexity index is 655. The van der Waals surface area contributed by atoms with Crippen LogP contribution in [0, 0.1) is 0 Å². The minimum atomic E-state index is -0.212. The zero-order valence-electron chi connectivity index (χ0n) is 13.5. The summed E-state index contributed by atoms with van der Waals surface area (Å²) in [6.07, 6.45) is 13.5. The third-order valence-electron chi connectivity index (χ3n) is 4.27. The first kappa shape index (κ1) is 15.8. The molecule has 2 unspecified atom stereocenters. The van der Waals surface area contributed by atoms with Gasteiger partial charge in [-0.15, -0.1) is 0 Å². The van der Waals surface area contributed by atoms with Crippen LogP contribution < -0.4 is 5.73 Å². The molecule has 5 heteroatoms. The van der Waals surface area contributed by atoms with Crippen LogP contribution in [-0.4, -0.2) is 43.6 Å². The molecular formula is C18H22N2O3. The van der Waals surface area contributed by atoms with Crippen LogP contribution in [0.5, 0.6) is 0 Å². The summed E-state index contributed by atoms with van der Waals surface area (Å²) in [7, 11) is 3.58. The molecule has 3 aliphatic rings. The summed E-state index contributed by atoms with van der Waals surface area (Å²) in [6, 6.07) is -0.212. The third kappa shape index (κ3) is 3.16. The van der Waals surface area contributed by atoms with Crippen LogP contribution in [0.15, 0.2) is 59.2 Å². The number of fused-ring (bicyclic) bond motifs is 1. The molecule has 1 aliphatic heterocycles. The fraction of sp³-hybridized carbons (Fsp3) is 0.389. The molecule has 0 amide bonds. The lowest BCUT2D eigenvalue weighted by Crippen LogP contribution is -2.36. The van der Waals surface area contributed by atoms with Gasteiger partial charge < -0.3 is 20.1 Å². The molecule has 0 saturated carbocycles. The highest BCUT2D eigenvalue weighted by Crippen LogP contribution is 2.32. The molecule has 1 heterocycles. The van der Waals surface area contributed by atoms with E-state index in [1.807, 2.05) is 36.3 Å². The average molecular weight is 314 g/mol. The summed E-state index contributed by atoms with van der Waals surface area (Å²) < 4.78 is 10.9. The molecule has 0 fully saturated rings. The zero-order valence-corrected chi connectivity index (χ0v) is 13.5. The van der Waals surface area contributed by atoms with Crippen molar-refractivity contribution in [1.82, 2.24) is 4.90 Å². The van der Waals surface area contributed by atoms with Gasteiger partial charge in [-0.1, -0.05) is 12.2 Å². The maximum Gasteiger partial charge on any atom is 0.195 e. The van der Waals surface area contributed by atoms with Crippen molar-refractivity contribution in [1.29, 1.82) is 0 Å². The largest absolute Gasteiger partial charge is 0.485 e. The van der Waals surface area contributed by atoms with E-state index in [-0.39, 0.29) is 24.5 Å². The van der Waals surface area contributed by atoms with Crippen molar-refractivity contribution >= 4 is 5.78 Å². The topological polar surface area (TPSA) is 64.8 Å². The van der Waals surface area contributed by atoms with E-state index in [0.717, 1.165) is 35.6 Å². The van der Waals surface area contributed by atoms with Crippen LogP contribution >= 0.6 is 0 Å². The van der Waals surface area contributed by atoms with Gasteiger partial charge in [-0.2, -0.15) is 0 Å². The number of carbonyl (C=O) groups excluding carboxylic acids is 1. The highest BCUT2D eigenvalue weighted by molar-refractivity contribution is 5.93. The van der Waals surface area contributed by atoms with Gasteiger partial charge in [0.05, 0.1) is 17.8 Å². The van der Waals surface area contributed by atoms with Crippen LogP contribution in [0.25, 0.3) is 0 Å². The van der Waals surface area contributed by atoms with Crippen molar-refractivity contribution in [2.45, 2.75) is 25.0 Å². The summed E-state index contributed by atoms with van der Waals surface area (Å²) >= 11 is 0. The first-order valence-electron chi connectivity index (χ1n) is 7.80. The van der Waals surface area contributed by atoms with Crippen LogP contribution in [-0.2, 0) is 14.3 Å². The molecule has 0 bridgehead atoms. The van der Waals surface area contributed by atoms with E-state index in [1.54, 1.807) is 13.2 Å². The number of methoxy groups -OCH3 is 1. The van der Waals surface area contributed by atoms with Gasteiger partial charge in [-0.05, 0) is 31.1 Å². The lowest BCUT2D eigenvalue weighted by atomic mass is 9.99. The molecule has 3 rings (SSSR count). The standard InChI is InChI=1S/C18H22N2O3/c1-20(12-7-8-18(22-2)15(19)9-12)16-10-13(21)11-23-17-6-4-3-5-14(16)17/h5-10,15,18H,3-4,11,19H2,1-2H3. The van der Waals surface area contributed by atoms with E-state index in [4.69, 9.17) is 15.2 Å². The summed E-state index contributed by atoms with van der Waals surface area (Å²) in [5, 5.41) is 0. The number of nitrogens with zero attached hydrogens (tertiary/aromatic N) is 1. The molecule has 122 valence electrons. The van der Waals surface area contributed by atoms with Crippen LogP contribution in [0.2, 0.25) is 0 Å². The number of ether oxygens (including phenoxy) is 2. The van der Waals surface area contributed by atoms with E-state index < -0.39 is 0 Å². The minimum Gasteiger partial charge on any atom is -0.485 e. The number of ketones is 1. The molecule has 0 aromatic rings. The van der Waals surface area contributed by atoms with Crippen molar-refractivity contribution in [2.75, 3.05) is 20.8 Å². The molecule has 2 aliphatic carbocycles. The molecule has 0 aromatic heterocycles. The Hall–Kier alpha value is -2.11. The maximum atomic E-state index is 12.0. The normalized spacial score (nSPS) is 27.0. The van der Waals surface area contributed by atoms with Gasteiger partial charge in [0.15, 0.2) is 12.4 Å². The lowest BCUT2D eigenvalue weighted by molar-refractivity contribution is -0.117. The first-order valence-corrected chi connectivity index (χ1v) is 7.80. The van der Waals surface area contributed by atoms with E-state index in [1.165, 1.54) is 0 Å². The Balaban J connectivity index is 1.92. The number of allylic oxidation sites excluding steroid dienone is 3. The van der Waals surface area contributed by atoms with Crippen molar-refractivity contribution in [3.05, 3.63) is 59.2 Å². The monoisotopic (exact) mass is 314 g/mol. The van der Waals surface area contributed by atoms with Crippen molar-refractivity contribution in [3.8, 4) is 0 Å². The van der Waals surface area contributed by atoms with Crippen molar-refractivity contribution < 1.29 is 14.3 Å². The zero-order chi connectivity index (χ0) is 16.4. The SMILES string of the molecule is COC1C=CC(N(C)C2=CC(=O)COC3=CCCC=C32)=CC1N. The Morgan fingerprint density at radius 1 is 1.35 bits per heavy atom. The van der Waals surface area contributed by atoms with Crippen molar-refractivity contribution in [2.24, 2.45) is 5.73 Å². The summed E-state index contributed by atoms with van der Waals surface area (Å²) in [5.74, 6) is 0.752. The number of hydrogen-bond acceptors (Lipinski definition) is 5. The van der Waals surface area contributed by atoms with Gasteiger partial charge in [0.25, 0.3) is 0 Å². The Morgan fingerprint density at radius 2 is 2.13 bits per heavy atom. The fourth-order valence-electron chi connectivity index (χ4n) is 2.99. The van der Waals surface area contributed by atoms with Gasteiger partial charge in [0.1, 0.15) is 5.76 Å². The molecule has 2 atom stereocenters. The van der Waals surface area contributed by atoms with Crippen LogP contribution in [0.4, 0.5) is 0 Å². The molecule has 0 radical (unpaired) electrons. The first-order chi connectivity index (χ1) is 11.1. The number of hydrogen-bond donors (Lipinski definition) is 1. The smallest absolute Gasteiger partial charge is 0.195 e. The van der Waals surface area contributed by atoms with E-state index in [9.17, 15) is 4.79 Å². The fourth-order valence-corrected chi connectivity index (χ4v) is 2.99. The summed E-state index contributed by atoms with van der Waals surface area (Å²) in [4.78, 5) is 14.0. The van der Waals surface area contributed by atoms with Gasteiger partial charge >= 0.3 is 0 Å². The Kier molecular flexibility index (Phi) is 4.50. The number of carbonyl (C=O) groups is 1. The molecular weight excluding hydrogens is 292 g/mol. The molecule has 0 saturated heterocycles. The second kappa shape index (κ2) is 6.56. The van der Waals surface area contributed by atoms with E-state index >= 15 is 0 Å². The third-order valence-corrected chi connectivity index (χ3v) is 4.27. The van der Waals surface area contributed by atoms with Crippen LogP contribution in [0.3, 0.4) is 0 Å². The number of rotatable bonds is 3. The highest BCUT2D eigenvalue weighted by Gasteiger charge is 2.26. The molecule has 5 nitrogen and oxygen atoms in total. The molecule has 2 N–H and O–H groups in total. The Morgan fingerprint density at radius 3 is 2.87 bits per heavy atom. The Labute approximate surface area is 136 Å². The maximum absolute atomic E-state index is 12.0. The van der Waals surface area contributed by atoms with Crippen LogP contribution in [0.1, 0.15) is 12.8 Å². The lowest BCUT2D eigenvalue weighted by Gasteiger charge is -2.30. The minimum absolute atomic E-state index is 0.0393. The number of nitrogens with two attached hydrogens (primary N) is 1. The van der Waals surface area contributed by atoms with Gasteiger partial charge in [-0.25, -0.2) is 0 Å². The van der Waals surface area contributed by atoms with Crippen molar-refractivity contribution in [3.63, 3.8) is 0 Å². The molecule has 0 aromatic carbocycles. The van der Waals surface area contributed by atoms with E-state index in [2.05, 4.69) is 6.08 Å². The summed E-state index contributed by atoms with van der Waals surface area (Å²) in [6.45, 7) is 0.0840.